The first-order valence-corrected chi connectivity index (χ1v) is 8.64. The van der Waals surface area contributed by atoms with Gasteiger partial charge in [-0.15, -0.1) is 24.8 Å². The number of hydrogen-bond acceptors (Lipinski definition) is 4. The molecule has 3 heterocycles. The van der Waals surface area contributed by atoms with Gasteiger partial charge in [-0.3, -0.25) is 14.5 Å². The van der Waals surface area contributed by atoms with Crippen molar-refractivity contribution in [3.63, 3.8) is 0 Å². The van der Waals surface area contributed by atoms with Gasteiger partial charge in [-0.05, 0) is 56.1 Å². The maximum atomic E-state index is 12.6. The highest BCUT2D eigenvalue weighted by Gasteiger charge is 2.18. The topological polar surface area (TPSA) is 71.8 Å². The monoisotopic (exact) mass is 407 g/mol. The fourth-order valence-electron chi connectivity index (χ4n) is 3.33. The van der Waals surface area contributed by atoms with Gasteiger partial charge in [-0.1, -0.05) is 6.07 Å². The minimum absolute atomic E-state index is 0. The van der Waals surface area contributed by atoms with E-state index in [-0.39, 0.29) is 30.7 Å². The van der Waals surface area contributed by atoms with Crippen LogP contribution in [0.15, 0.2) is 42.7 Å². The molecule has 0 spiro atoms. The Balaban J connectivity index is 0.00000131. The molecule has 0 bridgehead atoms. The Bertz CT molecular complexity index is 921. The number of aromatic nitrogens is 3. The lowest BCUT2D eigenvalue weighted by Crippen LogP contribution is -2.32. The Hall–Kier alpha value is -2.15. The van der Waals surface area contributed by atoms with Crippen molar-refractivity contribution in [1.82, 2.24) is 20.1 Å². The first kappa shape index (κ1) is 21.2. The van der Waals surface area contributed by atoms with Crippen molar-refractivity contribution in [1.29, 1.82) is 0 Å². The zero-order valence-corrected chi connectivity index (χ0v) is 16.6. The minimum Gasteiger partial charge on any atom is -0.320 e. The van der Waals surface area contributed by atoms with E-state index in [0.717, 1.165) is 48.1 Å². The van der Waals surface area contributed by atoms with Crippen molar-refractivity contribution < 1.29 is 4.79 Å². The van der Waals surface area contributed by atoms with Crippen LogP contribution in [0.1, 0.15) is 34.9 Å². The smallest absolute Gasteiger partial charge is 0.276 e. The summed E-state index contributed by atoms with van der Waals surface area (Å²) in [6, 6.07) is 9.83. The number of piperidine rings is 1. The average Bonchev–Trinajstić information content (AvgIpc) is 3.15. The molecule has 1 fully saturated rings. The number of carbonyl (C=O) groups excluding carboxylic acids is 1. The van der Waals surface area contributed by atoms with E-state index in [9.17, 15) is 4.79 Å². The summed E-state index contributed by atoms with van der Waals surface area (Å²) >= 11 is 0. The average molecular weight is 408 g/mol. The van der Waals surface area contributed by atoms with E-state index in [0.29, 0.717) is 11.7 Å². The third-order valence-corrected chi connectivity index (χ3v) is 4.71. The lowest BCUT2D eigenvalue weighted by molar-refractivity contribution is 0.102. The van der Waals surface area contributed by atoms with Crippen LogP contribution in [0, 0.1) is 6.92 Å². The summed E-state index contributed by atoms with van der Waals surface area (Å²) in [5.74, 6) is -0.198. The molecule has 1 saturated heterocycles. The predicted octanol–water partition coefficient (Wildman–Crippen LogP) is 3.76. The van der Waals surface area contributed by atoms with E-state index >= 15 is 0 Å². The number of nitrogens with one attached hydrogen (secondary N) is 2. The highest BCUT2D eigenvalue weighted by molar-refractivity contribution is 6.08. The van der Waals surface area contributed by atoms with Gasteiger partial charge in [0, 0.05) is 24.3 Å². The van der Waals surface area contributed by atoms with E-state index in [1.807, 2.05) is 42.1 Å². The van der Waals surface area contributed by atoms with Gasteiger partial charge in [-0.25, -0.2) is 0 Å². The summed E-state index contributed by atoms with van der Waals surface area (Å²) in [5.41, 5.74) is 3.18. The molecule has 1 aliphatic heterocycles. The molecule has 6 nitrogen and oxygen atoms in total. The molecule has 144 valence electrons. The van der Waals surface area contributed by atoms with Crippen LogP contribution in [0.3, 0.4) is 0 Å². The number of amides is 1. The number of carbonyl (C=O) groups is 1. The molecule has 4 rings (SSSR count). The third-order valence-electron chi connectivity index (χ3n) is 4.71. The van der Waals surface area contributed by atoms with Crippen LogP contribution in [0.25, 0.3) is 10.9 Å². The molecular weight excluding hydrogens is 385 g/mol. The van der Waals surface area contributed by atoms with Crippen molar-refractivity contribution in [2.24, 2.45) is 0 Å². The first-order valence-electron chi connectivity index (χ1n) is 8.64. The van der Waals surface area contributed by atoms with Crippen LogP contribution in [0.4, 0.5) is 5.69 Å². The van der Waals surface area contributed by atoms with E-state index < -0.39 is 0 Å². The standard InChI is InChI=1S/C19H21N5O.2ClH/c1-13-6-7-16(15-5-3-10-21-18(13)15)22-19(25)17-8-11-24(23-17)14-4-2-9-20-12-14;;/h3,5-8,10-11,14,20H,2,4,9,12H2,1H3,(H,22,25);2*1H. The van der Waals surface area contributed by atoms with Crippen molar-refractivity contribution in [3.05, 3.63) is 54.0 Å². The summed E-state index contributed by atoms with van der Waals surface area (Å²) in [6.07, 6.45) is 5.88. The largest absolute Gasteiger partial charge is 0.320 e. The van der Waals surface area contributed by atoms with Crippen molar-refractivity contribution >= 4 is 47.3 Å². The van der Waals surface area contributed by atoms with Gasteiger partial charge in [0.05, 0.1) is 17.2 Å². The maximum absolute atomic E-state index is 12.6. The Labute approximate surface area is 170 Å². The fraction of sp³-hybridized carbons (Fsp3) is 0.316. The molecule has 27 heavy (non-hydrogen) atoms. The Kier molecular flexibility index (Phi) is 7.18. The molecule has 1 aromatic carbocycles. The second kappa shape index (κ2) is 9.17. The molecule has 1 amide bonds. The van der Waals surface area contributed by atoms with Crippen LogP contribution in [0.2, 0.25) is 0 Å². The second-order valence-electron chi connectivity index (χ2n) is 6.46. The van der Waals surface area contributed by atoms with Gasteiger partial charge in [0.15, 0.2) is 5.69 Å². The summed E-state index contributed by atoms with van der Waals surface area (Å²) < 4.78 is 1.90. The molecule has 2 N–H and O–H groups in total. The van der Waals surface area contributed by atoms with E-state index in [4.69, 9.17) is 0 Å². The molecule has 0 aliphatic carbocycles. The van der Waals surface area contributed by atoms with Crippen molar-refractivity contribution in [2.75, 3.05) is 18.4 Å². The highest BCUT2D eigenvalue weighted by atomic mass is 35.5. The molecule has 1 aliphatic rings. The van der Waals surface area contributed by atoms with Gasteiger partial charge in [0.2, 0.25) is 0 Å². The van der Waals surface area contributed by atoms with Gasteiger partial charge >= 0.3 is 0 Å². The Morgan fingerprint density at radius 1 is 1.26 bits per heavy atom. The summed E-state index contributed by atoms with van der Waals surface area (Å²) in [7, 11) is 0. The zero-order chi connectivity index (χ0) is 17.2. The molecule has 1 unspecified atom stereocenters. The molecule has 0 saturated carbocycles. The fourth-order valence-corrected chi connectivity index (χ4v) is 3.33. The van der Waals surface area contributed by atoms with Crippen LogP contribution in [0.5, 0.6) is 0 Å². The number of aryl methyl sites for hydroxylation is 1. The first-order chi connectivity index (χ1) is 12.2. The number of benzene rings is 1. The van der Waals surface area contributed by atoms with Gasteiger partial charge in [-0.2, -0.15) is 5.10 Å². The van der Waals surface area contributed by atoms with Crippen LogP contribution >= 0.6 is 24.8 Å². The Morgan fingerprint density at radius 3 is 2.89 bits per heavy atom. The number of pyridine rings is 1. The number of rotatable bonds is 3. The highest BCUT2D eigenvalue weighted by Crippen LogP contribution is 2.25. The number of hydrogen-bond donors (Lipinski definition) is 2. The SMILES string of the molecule is Cc1ccc(NC(=O)c2ccn(C3CCCNC3)n2)c2cccnc12.Cl.Cl. The molecule has 0 radical (unpaired) electrons. The van der Waals surface area contributed by atoms with E-state index in [1.54, 1.807) is 12.3 Å². The summed E-state index contributed by atoms with van der Waals surface area (Å²) in [6.45, 7) is 3.97. The molecule has 3 aromatic rings. The van der Waals surface area contributed by atoms with Crippen LogP contribution in [-0.2, 0) is 0 Å². The third kappa shape index (κ3) is 4.40. The van der Waals surface area contributed by atoms with E-state index in [1.165, 1.54) is 0 Å². The van der Waals surface area contributed by atoms with Crippen molar-refractivity contribution in [3.8, 4) is 0 Å². The van der Waals surface area contributed by atoms with Gasteiger partial charge in [0.25, 0.3) is 5.91 Å². The van der Waals surface area contributed by atoms with E-state index in [2.05, 4.69) is 20.7 Å². The minimum atomic E-state index is -0.198. The molecule has 1 atom stereocenters. The predicted molar refractivity (Wildman–Crippen MR) is 112 cm³/mol. The number of halogens is 2. The number of anilines is 1. The molecular formula is C19H23Cl2N5O. The molecule has 2 aromatic heterocycles. The number of fused-ring (bicyclic) bond motifs is 1. The second-order valence-corrected chi connectivity index (χ2v) is 6.46. The summed E-state index contributed by atoms with van der Waals surface area (Å²) in [4.78, 5) is 17.0. The van der Waals surface area contributed by atoms with Gasteiger partial charge < -0.3 is 10.6 Å². The van der Waals surface area contributed by atoms with Crippen molar-refractivity contribution in [2.45, 2.75) is 25.8 Å². The maximum Gasteiger partial charge on any atom is 0.276 e. The molecule has 8 heteroatoms. The van der Waals surface area contributed by atoms with Crippen LogP contribution < -0.4 is 10.6 Å². The lowest BCUT2D eigenvalue weighted by atomic mass is 10.1. The zero-order valence-electron chi connectivity index (χ0n) is 15.0. The lowest BCUT2D eigenvalue weighted by Gasteiger charge is -2.22. The Morgan fingerprint density at radius 2 is 2.11 bits per heavy atom. The van der Waals surface area contributed by atoms with Crippen LogP contribution in [-0.4, -0.2) is 33.8 Å². The number of nitrogens with zero attached hydrogens (tertiary/aromatic N) is 3. The van der Waals surface area contributed by atoms with Gasteiger partial charge in [0.1, 0.15) is 0 Å². The summed E-state index contributed by atoms with van der Waals surface area (Å²) in [5, 5.41) is 11.8. The normalized spacial score (nSPS) is 16.3. The quantitative estimate of drug-likeness (QED) is 0.692.